The van der Waals surface area contributed by atoms with Crippen molar-refractivity contribution in [2.45, 2.75) is 45.5 Å². The molecule has 0 spiro atoms. The van der Waals surface area contributed by atoms with Crippen LogP contribution in [0.15, 0.2) is 18.2 Å². The van der Waals surface area contributed by atoms with E-state index in [2.05, 4.69) is 20.4 Å². The van der Waals surface area contributed by atoms with Crippen molar-refractivity contribution in [1.29, 1.82) is 0 Å². The number of aromatic nitrogens is 1. The Hall–Kier alpha value is -2.40. The van der Waals surface area contributed by atoms with Gasteiger partial charge in [0.2, 0.25) is 11.8 Å². The Kier molecular flexibility index (Phi) is 7.80. The van der Waals surface area contributed by atoms with Gasteiger partial charge < -0.3 is 21.1 Å². The van der Waals surface area contributed by atoms with Crippen LogP contribution in [-0.4, -0.2) is 35.7 Å². The second-order valence-corrected chi connectivity index (χ2v) is 7.58. The molecule has 0 fully saturated rings. The smallest absolute Gasteiger partial charge is 0.406 e. The molecule has 0 bridgehead atoms. The van der Waals surface area contributed by atoms with Crippen LogP contribution in [0.5, 0.6) is 5.75 Å². The van der Waals surface area contributed by atoms with Gasteiger partial charge in [-0.1, -0.05) is 31.6 Å². The van der Waals surface area contributed by atoms with E-state index >= 15 is 0 Å². The highest BCUT2D eigenvalue weighted by atomic mass is 32.1. The molecule has 2 amide bonds. The van der Waals surface area contributed by atoms with Gasteiger partial charge in [0, 0.05) is 19.0 Å². The number of benzene rings is 1. The van der Waals surface area contributed by atoms with Crippen LogP contribution in [0.3, 0.4) is 0 Å². The third-order valence-corrected chi connectivity index (χ3v) is 5.21. The predicted molar refractivity (Wildman–Crippen MR) is 105 cm³/mol. The SMILES string of the molecule is CC[C@H](C)[C@H](N)C(=O)NCCCC(=O)Nc1nc2ccc(OC(F)(F)F)cc2s1. The third-order valence-electron chi connectivity index (χ3n) is 4.28. The first-order valence-corrected chi connectivity index (χ1v) is 9.90. The van der Waals surface area contributed by atoms with E-state index in [0.29, 0.717) is 23.2 Å². The van der Waals surface area contributed by atoms with Crippen molar-refractivity contribution in [1.82, 2.24) is 10.3 Å². The molecule has 1 aromatic carbocycles. The zero-order chi connectivity index (χ0) is 21.6. The Balaban J connectivity index is 1.81. The van der Waals surface area contributed by atoms with Crippen LogP contribution in [0.2, 0.25) is 0 Å². The summed E-state index contributed by atoms with van der Waals surface area (Å²) in [5.41, 5.74) is 6.28. The minimum absolute atomic E-state index is 0.0689. The average molecular weight is 432 g/mol. The lowest BCUT2D eigenvalue weighted by molar-refractivity contribution is -0.274. The second kappa shape index (κ2) is 9.88. The number of fused-ring (bicyclic) bond motifs is 1. The zero-order valence-corrected chi connectivity index (χ0v) is 16.8. The van der Waals surface area contributed by atoms with Gasteiger partial charge in [-0.2, -0.15) is 0 Å². The van der Waals surface area contributed by atoms with Crippen LogP contribution in [0.1, 0.15) is 33.1 Å². The summed E-state index contributed by atoms with van der Waals surface area (Å²) in [6.07, 6.45) is -3.41. The van der Waals surface area contributed by atoms with Crippen molar-refractivity contribution in [2.75, 3.05) is 11.9 Å². The van der Waals surface area contributed by atoms with E-state index in [1.54, 1.807) is 0 Å². The molecule has 0 saturated heterocycles. The molecule has 29 heavy (non-hydrogen) atoms. The molecule has 11 heteroatoms. The molecule has 4 N–H and O–H groups in total. The summed E-state index contributed by atoms with van der Waals surface area (Å²) in [4.78, 5) is 28.1. The van der Waals surface area contributed by atoms with Crippen molar-refractivity contribution in [3.63, 3.8) is 0 Å². The minimum Gasteiger partial charge on any atom is -0.406 e. The number of carbonyl (C=O) groups excluding carboxylic acids is 2. The molecular weight excluding hydrogens is 409 g/mol. The number of nitrogens with zero attached hydrogens (tertiary/aromatic N) is 1. The quantitative estimate of drug-likeness (QED) is 0.527. The topological polar surface area (TPSA) is 106 Å². The first-order valence-electron chi connectivity index (χ1n) is 9.08. The number of hydrogen-bond donors (Lipinski definition) is 3. The van der Waals surface area contributed by atoms with Gasteiger partial charge in [0.25, 0.3) is 0 Å². The van der Waals surface area contributed by atoms with Gasteiger partial charge in [-0.05, 0) is 24.5 Å². The van der Waals surface area contributed by atoms with E-state index in [9.17, 15) is 22.8 Å². The molecule has 0 radical (unpaired) electrons. The van der Waals surface area contributed by atoms with Crippen LogP contribution in [0.25, 0.3) is 10.2 Å². The van der Waals surface area contributed by atoms with E-state index < -0.39 is 12.4 Å². The Bertz CT molecular complexity index is 856. The molecule has 2 rings (SSSR count). The molecule has 0 aliphatic heterocycles. The maximum Gasteiger partial charge on any atom is 0.573 e. The lowest BCUT2D eigenvalue weighted by Gasteiger charge is -2.17. The highest BCUT2D eigenvalue weighted by molar-refractivity contribution is 7.22. The van der Waals surface area contributed by atoms with Gasteiger partial charge in [-0.25, -0.2) is 4.98 Å². The molecule has 7 nitrogen and oxygen atoms in total. The van der Waals surface area contributed by atoms with E-state index in [1.165, 1.54) is 12.1 Å². The normalized spacial score (nSPS) is 13.7. The number of anilines is 1. The Morgan fingerprint density at radius 2 is 2.07 bits per heavy atom. The van der Waals surface area contributed by atoms with E-state index in [1.807, 2.05) is 13.8 Å². The summed E-state index contributed by atoms with van der Waals surface area (Å²) in [5.74, 6) is -0.837. The Morgan fingerprint density at radius 1 is 1.34 bits per heavy atom. The lowest BCUT2D eigenvalue weighted by atomic mass is 9.99. The average Bonchev–Trinajstić information content (AvgIpc) is 3.03. The number of carbonyl (C=O) groups is 2. The van der Waals surface area contributed by atoms with E-state index in [4.69, 9.17) is 5.73 Å². The largest absolute Gasteiger partial charge is 0.573 e. The monoisotopic (exact) mass is 432 g/mol. The summed E-state index contributed by atoms with van der Waals surface area (Å²) < 4.78 is 41.2. The van der Waals surface area contributed by atoms with Gasteiger partial charge in [0.05, 0.1) is 16.3 Å². The number of nitrogens with one attached hydrogen (secondary N) is 2. The molecule has 2 atom stereocenters. The Labute approximate surface area is 169 Å². The van der Waals surface area contributed by atoms with Crippen LogP contribution in [0.4, 0.5) is 18.3 Å². The van der Waals surface area contributed by atoms with Crippen LogP contribution in [-0.2, 0) is 9.59 Å². The minimum atomic E-state index is -4.77. The molecule has 0 unspecified atom stereocenters. The molecule has 0 aliphatic rings. The van der Waals surface area contributed by atoms with Crippen molar-refractivity contribution >= 4 is 38.5 Å². The van der Waals surface area contributed by atoms with Crippen LogP contribution in [0, 0.1) is 5.92 Å². The fraction of sp³-hybridized carbons (Fsp3) is 0.500. The molecule has 0 aliphatic carbocycles. The van der Waals surface area contributed by atoms with E-state index in [-0.39, 0.29) is 35.0 Å². The summed E-state index contributed by atoms with van der Waals surface area (Å²) in [6.45, 7) is 4.16. The van der Waals surface area contributed by atoms with Crippen molar-refractivity contribution < 1.29 is 27.5 Å². The van der Waals surface area contributed by atoms with Crippen molar-refractivity contribution in [3.8, 4) is 5.75 Å². The summed E-state index contributed by atoms with van der Waals surface area (Å²) in [5, 5.41) is 5.58. The number of hydrogen-bond acceptors (Lipinski definition) is 6. The van der Waals surface area contributed by atoms with Gasteiger partial charge >= 0.3 is 6.36 Å². The van der Waals surface area contributed by atoms with Crippen molar-refractivity contribution in [3.05, 3.63) is 18.2 Å². The van der Waals surface area contributed by atoms with E-state index in [0.717, 1.165) is 23.8 Å². The number of rotatable bonds is 9. The molecule has 160 valence electrons. The number of nitrogens with two attached hydrogens (primary N) is 1. The maximum absolute atomic E-state index is 12.3. The number of amides is 2. The number of ether oxygens (including phenoxy) is 1. The number of halogens is 3. The highest BCUT2D eigenvalue weighted by Crippen LogP contribution is 2.31. The third kappa shape index (κ3) is 7.17. The van der Waals surface area contributed by atoms with Gasteiger partial charge in [-0.15, -0.1) is 13.2 Å². The molecule has 1 aromatic heterocycles. The fourth-order valence-corrected chi connectivity index (χ4v) is 3.34. The van der Waals surface area contributed by atoms with Gasteiger partial charge in [0.15, 0.2) is 5.13 Å². The van der Waals surface area contributed by atoms with Gasteiger partial charge in [0.1, 0.15) is 5.75 Å². The molecule has 2 aromatic rings. The standard InChI is InChI=1S/C18H23F3N4O3S/c1-3-10(2)15(22)16(27)23-8-4-5-14(26)25-17-24-12-7-6-11(9-13(12)29-17)28-18(19,20)21/h6-7,9-10,15H,3-5,8,22H2,1-2H3,(H,23,27)(H,24,25,26)/t10-,15-/m0/s1. The highest BCUT2D eigenvalue weighted by Gasteiger charge is 2.31. The number of alkyl halides is 3. The fourth-order valence-electron chi connectivity index (χ4n) is 2.43. The predicted octanol–water partition coefficient (Wildman–Crippen LogP) is 3.40. The second-order valence-electron chi connectivity index (χ2n) is 6.55. The maximum atomic E-state index is 12.3. The molecular formula is C18H23F3N4O3S. The summed E-state index contributed by atoms with van der Waals surface area (Å²) >= 11 is 1.04. The first-order chi connectivity index (χ1) is 13.6. The number of thiazole rings is 1. The summed E-state index contributed by atoms with van der Waals surface area (Å²) in [7, 11) is 0. The van der Waals surface area contributed by atoms with Crippen LogP contribution < -0.4 is 21.1 Å². The lowest BCUT2D eigenvalue weighted by Crippen LogP contribution is -2.44. The van der Waals surface area contributed by atoms with Crippen LogP contribution >= 0.6 is 11.3 Å². The summed E-state index contributed by atoms with van der Waals surface area (Å²) in [6, 6.07) is 3.18. The molecule has 1 heterocycles. The molecule has 0 saturated carbocycles. The first kappa shape index (κ1) is 22.9. The van der Waals surface area contributed by atoms with Gasteiger partial charge in [-0.3, -0.25) is 9.59 Å². The van der Waals surface area contributed by atoms with Crippen molar-refractivity contribution in [2.24, 2.45) is 11.7 Å². The Morgan fingerprint density at radius 3 is 2.72 bits per heavy atom. The zero-order valence-electron chi connectivity index (χ0n) is 16.0.